The minimum Gasteiger partial charge on any atom is -0.496 e. The lowest BCUT2D eigenvalue weighted by atomic mass is 10.2. The van der Waals surface area contributed by atoms with Gasteiger partial charge in [-0.25, -0.2) is 9.75 Å². The quantitative estimate of drug-likeness (QED) is 0.437. The molecule has 0 fully saturated rings. The summed E-state index contributed by atoms with van der Waals surface area (Å²) in [5, 5.41) is 22.3. The van der Waals surface area contributed by atoms with E-state index in [1.807, 2.05) is 18.2 Å². The van der Waals surface area contributed by atoms with Crippen molar-refractivity contribution in [2.75, 3.05) is 12.8 Å². The molecule has 100 valence electrons. The Morgan fingerprint density at radius 1 is 1.53 bits per heavy atom. The number of rotatable bonds is 3. The van der Waals surface area contributed by atoms with E-state index in [2.05, 4.69) is 5.10 Å². The molecule has 0 amide bonds. The van der Waals surface area contributed by atoms with Gasteiger partial charge in [0.25, 0.3) is 0 Å². The van der Waals surface area contributed by atoms with E-state index in [1.165, 1.54) is 17.1 Å². The summed E-state index contributed by atoms with van der Waals surface area (Å²) in [6.07, 6.45) is 2.86. The van der Waals surface area contributed by atoms with Crippen LogP contribution in [0.25, 0.3) is 0 Å². The molecule has 0 saturated heterocycles. The van der Waals surface area contributed by atoms with Gasteiger partial charge in [-0.05, 0) is 6.07 Å². The largest absolute Gasteiger partial charge is 0.496 e. The molecule has 2 rings (SSSR count). The zero-order chi connectivity index (χ0) is 13.8. The first-order chi connectivity index (χ1) is 9.11. The SMILES string of the molecule is COc1ccccc1CN(O)C(=N)n1cc(N)cn1. The van der Waals surface area contributed by atoms with E-state index in [-0.39, 0.29) is 12.5 Å². The van der Waals surface area contributed by atoms with E-state index in [0.717, 1.165) is 10.6 Å². The van der Waals surface area contributed by atoms with Crippen LogP contribution in [0.3, 0.4) is 0 Å². The number of hydrogen-bond acceptors (Lipinski definition) is 5. The van der Waals surface area contributed by atoms with Crippen molar-refractivity contribution in [1.29, 1.82) is 5.41 Å². The third-order valence-electron chi connectivity index (χ3n) is 2.58. The highest BCUT2D eigenvalue weighted by Crippen LogP contribution is 2.18. The van der Waals surface area contributed by atoms with Crippen LogP contribution in [0.1, 0.15) is 5.56 Å². The van der Waals surface area contributed by atoms with Gasteiger partial charge in [-0.1, -0.05) is 18.2 Å². The normalized spacial score (nSPS) is 10.2. The van der Waals surface area contributed by atoms with Crippen molar-refractivity contribution in [2.24, 2.45) is 0 Å². The molecule has 0 aliphatic rings. The molecule has 0 atom stereocenters. The van der Waals surface area contributed by atoms with Crippen LogP contribution in [0, 0.1) is 5.41 Å². The molecule has 0 aliphatic heterocycles. The molecule has 1 aromatic heterocycles. The number of benzene rings is 1. The number of nitrogens with zero attached hydrogens (tertiary/aromatic N) is 3. The number of para-hydroxylation sites is 1. The fraction of sp³-hybridized carbons (Fsp3) is 0.167. The highest BCUT2D eigenvalue weighted by molar-refractivity contribution is 5.77. The molecule has 0 bridgehead atoms. The molecular formula is C12H15N5O2. The van der Waals surface area contributed by atoms with Gasteiger partial charge in [-0.2, -0.15) is 5.10 Å². The van der Waals surface area contributed by atoms with E-state index >= 15 is 0 Å². The molecule has 0 spiro atoms. The van der Waals surface area contributed by atoms with Gasteiger partial charge in [0, 0.05) is 5.56 Å². The molecule has 1 aromatic carbocycles. The first-order valence-corrected chi connectivity index (χ1v) is 5.59. The number of hydroxylamine groups is 2. The van der Waals surface area contributed by atoms with Crippen LogP contribution < -0.4 is 10.5 Å². The zero-order valence-electron chi connectivity index (χ0n) is 10.4. The van der Waals surface area contributed by atoms with Crippen LogP contribution in [0.2, 0.25) is 0 Å². The smallest absolute Gasteiger partial charge is 0.243 e. The maximum Gasteiger partial charge on any atom is 0.243 e. The molecule has 7 nitrogen and oxygen atoms in total. The Morgan fingerprint density at radius 2 is 2.26 bits per heavy atom. The fourth-order valence-corrected chi connectivity index (χ4v) is 1.64. The summed E-state index contributed by atoms with van der Waals surface area (Å²) in [5.74, 6) is 0.455. The molecule has 0 aliphatic carbocycles. The van der Waals surface area contributed by atoms with Gasteiger partial charge in [-0.3, -0.25) is 10.6 Å². The first kappa shape index (κ1) is 12.9. The second kappa shape index (κ2) is 5.40. The Morgan fingerprint density at radius 3 is 2.89 bits per heavy atom. The van der Waals surface area contributed by atoms with Crippen LogP contribution >= 0.6 is 0 Å². The summed E-state index contributed by atoms with van der Waals surface area (Å²) in [4.78, 5) is 0. The van der Waals surface area contributed by atoms with E-state index in [0.29, 0.717) is 11.4 Å². The molecule has 0 saturated carbocycles. The zero-order valence-corrected chi connectivity index (χ0v) is 10.4. The fourth-order valence-electron chi connectivity index (χ4n) is 1.64. The van der Waals surface area contributed by atoms with Crippen LogP contribution in [-0.4, -0.2) is 33.1 Å². The van der Waals surface area contributed by atoms with Crippen LogP contribution in [0.15, 0.2) is 36.7 Å². The van der Waals surface area contributed by atoms with Crippen LogP contribution in [-0.2, 0) is 6.54 Å². The molecular weight excluding hydrogens is 246 g/mol. The number of nitrogens with two attached hydrogens (primary N) is 1. The number of aromatic nitrogens is 2. The molecule has 7 heteroatoms. The molecule has 1 heterocycles. The van der Waals surface area contributed by atoms with E-state index < -0.39 is 0 Å². The van der Waals surface area contributed by atoms with Crippen LogP contribution in [0.5, 0.6) is 5.75 Å². The Kier molecular flexibility index (Phi) is 3.67. The minimum absolute atomic E-state index is 0.114. The molecule has 0 radical (unpaired) electrons. The highest BCUT2D eigenvalue weighted by atomic mass is 16.5. The molecule has 2 aromatic rings. The van der Waals surface area contributed by atoms with Crippen molar-refractivity contribution in [3.05, 3.63) is 42.2 Å². The Labute approximate surface area is 110 Å². The van der Waals surface area contributed by atoms with E-state index in [1.54, 1.807) is 13.2 Å². The summed E-state index contributed by atoms with van der Waals surface area (Å²) in [6.45, 7) is 0.114. The van der Waals surface area contributed by atoms with Gasteiger partial charge in [0.1, 0.15) is 5.75 Å². The predicted octanol–water partition coefficient (Wildman–Crippen LogP) is 1.15. The average molecular weight is 261 g/mol. The van der Waals surface area contributed by atoms with Crippen LogP contribution in [0.4, 0.5) is 5.69 Å². The van der Waals surface area contributed by atoms with Gasteiger partial charge < -0.3 is 10.5 Å². The van der Waals surface area contributed by atoms with E-state index in [4.69, 9.17) is 15.9 Å². The lowest BCUT2D eigenvalue weighted by Crippen LogP contribution is -2.32. The third kappa shape index (κ3) is 2.83. The summed E-state index contributed by atoms with van der Waals surface area (Å²) >= 11 is 0. The number of nitrogens with one attached hydrogen (secondary N) is 1. The minimum atomic E-state index is -0.192. The highest BCUT2D eigenvalue weighted by Gasteiger charge is 2.13. The van der Waals surface area contributed by atoms with Crippen molar-refractivity contribution in [2.45, 2.75) is 6.54 Å². The third-order valence-corrected chi connectivity index (χ3v) is 2.58. The Balaban J connectivity index is 2.12. The van der Waals surface area contributed by atoms with Crippen molar-refractivity contribution in [3.8, 4) is 5.75 Å². The number of methoxy groups -OCH3 is 1. The maximum absolute atomic E-state index is 9.91. The van der Waals surface area contributed by atoms with Crippen molar-refractivity contribution in [3.63, 3.8) is 0 Å². The second-order valence-corrected chi connectivity index (χ2v) is 3.91. The topological polar surface area (TPSA) is 100 Å². The van der Waals surface area contributed by atoms with Crippen molar-refractivity contribution >= 4 is 11.6 Å². The molecule has 19 heavy (non-hydrogen) atoms. The first-order valence-electron chi connectivity index (χ1n) is 5.59. The standard InChI is InChI=1S/C12H15N5O2/c1-19-11-5-3-2-4-9(11)7-17(18)12(14)16-8-10(13)6-15-16/h2-6,8,14,18H,7,13H2,1H3. The number of nitrogen functional groups attached to an aromatic ring is 1. The Hall–Kier alpha value is -2.54. The van der Waals surface area contributed by atoms with Crippen molar-refractivity contribution in [1.82, 2.24) is 14.8 Å². The lowest BCUT2D eigenvalue weighted by Gasteiger charge is -2.18. The molecule has 0 unspecified atom stereocenters. The summed E-state index contributed by atoms with van der Waals surface area (Å²) < 4.78 is 6.37. The number of ether oxygens (including phenoxy) is 1. The van der Waals surface area contributed by atoms with E-state index in [9.17, 15) is 5.21 Å². The summed E-state index contributed by atoms with van der Waals surface area (Å²) in [7, 11) is 1.56. The Bertz CT molecular complexity index is 581. The number of hydrogen-bond donors (Lipinski definition) is 3. The van der Waals surface area contributed by atoms with Gasteiger partial charge in [0.15, 0.2) is 0 Å². The molecule has 4 N–H and O–H groups in total. The summed E-state index contributed by atoms with van der Waals surface area (Å²) in [5.41, 5.74) is 6.70. The average Bonchev–Trinajstić information content (AvgIpc) is 2.85. The monoisotopic (exact) mass is 261 g/mol. The number of anilines is 1. The van der Waals surface area contributed by atoms with Gasteiger partial charge >= 0.3 is 0 Å². The van der Waals surface area contributed by atoms with Gasteiger partial charge in [0.05, 0.1) is 31.7 Å². The lowest BCUT2D eigenvalue weighted by molar-refractivity contribution is -0.0288. The van der Waals surface area contributed by atoms with Gasteiger partial charge in [-0.15, -0.1) is 0 Å². The second-order valence-electron chi connectivity index (χ2n) is 3.91. The maximum atomic E-state index is 9.91. The van der Waals surface area contributed by atoms with Gasteiger partial charge in [0.2, 0.25) is 5.96 Å². The van der Waals surface area contributed by atoms with Crippen molar-refractivity contribution < 1.29 is 9.94 Å². The summed E-state index contributed by atoms with van der Waals surface area (Å²) in [6, 6.07) is 7.27. The predicted molar refractivity (Wildman–Crippen MR) is 70.1 cm³/mol.